The van der Waals surface area contributed by atoms with Crippen molar-refractivity contribution in [3.63, 3.8) is 0 Å². The third kappa shape index (κ3) is 2.30. The number of hydrogen-bond donors (Lipinski definition) is 1. The van der Waals surface area contributed by atoms with Gasteiger partial charge in [0, 0.05) is 18.5 Å². The van der Waals surface area contributed by atoms with Crippen molar-refractivity contribution in [2.45, 2.75) is 40.2 Å². The number of hydrogen-bond acceptors (Lipinski definition) is 2. The molecule has 1 aliphatic heterocycles. The van der Waals surface area contributed by atoms with Crippen LogP contribution in [0.2, 0.25) is 0 Å². The second-order valence-electron chi connectivity index (χ2n) is 4.70. The summed E-state index contributed by atoms with van der Waals surface area (Å²) in [5, 5.41) is 2.75. The van der Waals surface area contributed by atoms with Gasteiger partial charge in [-0.1, -0.05) is 20.8 Å². The molecule has 86 valence electrons. The molecule has 0 spiro atoms. The summed E-state index contributed by atoms with van der Waals surface area (Å²) in [6, 6.07) is -0.336. The van der Waals surface area contributed by atoms with Crippen molar-refractivity contribution >= 4 is 11.8 Å². The van der Waals surface area contributed by atoms with Gasteiger partial charge in [0.05, 0.1) is 0 Å². The molecule has 1 unspecified atom stereocenters. The van der Waals surface area contributed by atoms with E-state index in [1.807, 2.05) is 20.8 Å². The molecule has 0 aromatic rings. The van der Waals surface area contributed by atoms with E-state index in [9.17, 15) is 9.59 Å². The average Bonchev–Trinajstić information content (AvgIpc) is 2.21. The molecule has 0 aliphatic carbocycles. The number of nitrogens with one attached hydrogen (secondary N) is 1. The molecule has 1 fully saturated rings. The van der Waals surface area contributed by atoms with Gasteiger partial charge in [-0.2, -0.15) is 0 Å². The maximum absolute atomic E-state index is 12.2. The van der Waals surface area contributed by atoms with Crippen LogP contribution in [-0.2, 0) is 9.59 Å². The van der Waals surface area contributed by atoms with Crippen molar-refractivity contribution in [2.24, 2.45) is 5.41 Å². The minimum absolute atomic E-state index is 0.0542. The van der Waals surface area contributed by atoms with Gasteiger partial charge in [-0.3, -0.25) is 9.59 Å². The van der Waals surface area contributed by atoms with Gasteiger partial charge in [0.25, 0.3) is 0 Å². The van der Waals surface area contributed by atoms with Crippen LogP contribution in [0.4, 0.5) is 0 Å². The summed E-state index contributed by atoms with van der Waals surface area (Å²) >= 11 is 0. The second-order valence-corrected chi connectivity index (χ2v) is 4.70. The highest BCUT2D eigenvalue weighted by Gasteiger charge is 2.36. The third-order valence-electron chi connectivity index (χ3n) is 3.22. The largest absolute Gasteiger partial charge is 0.353 e. The molecule has 1 rings (SSSR count). The van der Waals surface area contributed by atoms with Gasteiger partial charge in [0.2, 0.25) is 11.8 Å². The molecule has 0 aromatic carbocycles. The Hall–Kier alpha value is -1.06. The lowest BCUT2D eigenvalue weighted by molar-refractivity contribution is -0.149. The third-order valence-corrected chi connectivity index (χ3v) is 3.22. The molecule has 4 heteroatoms. The van der Waals surface area contributed by atoms with E-state index in [2.05, 4.69) is 5.32 Å². The van der Waals surface area contributed by atoms with Crippen molar-refractivity contribution in [1.82, 2.24) is 10.2 Å². The van der Waals surface area contributed by atoms with Crippen LogP contribution in [0.25, 0.3) is 0 Å². The lowest BCUT2D eigenvalue weighted by atomic mass is 9.87. The minimum Gasteiger partial charge on any atom is -0.353 e. The molecular formula is C11H20N2O2. The maximum atomic E-state index is 12.2. The molecule has 0 saturated carbocycles. The first-order chi connectivity index (χ1) is 6.90. The summed E-state index contributed by atoms with van der Waals surface area (Å²) in [7, 11) is 0. The van der Waals surface area contributed by atoms with Crippen LogP contribution in [0.1, 0.15) is 34.1 Å². The molecular weight excluding hydrogens is 192 g/mol. The van der Waals surface area contributed by atoms with Gasteiger partial charge in [-0.15, -0.1) is 0 Å². The number of carbonyl (C=O) groups excluding carboxylic acids is 2. The molecule has 0 bridgehead atoms. The Morgan fingerprint density at radius 2 is 2.20 bits per heavy atom. The van der Waals surface area contributed by atoms with Crippen LogP contribution in [0.15, 0.2) is 0 Å². The van der Waals surface area contributed by atoms with E-state index in [1.54, 1.807) is 11.8 Å². The van der Waals surface area contributed by atoms with Gasteiger partial charge in [-0.05, 0) is 13.3 Å². The van der Waals surface area contributed by atoms with Crippen LogP contribution < -0.4 is 5.32 Å². The van der Waals surface area contributed by atoms with Crippen molar-refractivity contribution in [2.75, 3.05) is 13.1 Å². The topological polar surface area (TPSA) is 49.4 Å². The lowest BCUT2D eigenvalue weighted by Gasteiger charge is -2.37. The average molecular weight is 212 g/mol. The Morgan fingerprint density at radius 3 is 2.73 bits per heavy atom. The Balaban J connectivity index is 2.79. The lowest BCUT2D eigenvalue weighted by Crippen LogP contribution is -2.58. The number of piperazine rings is 1. The molecule has 0 radical (unpaired) electrons. The van der Waals surface area contributed by atoms with E-state index in [-0.39, 0.29) is 23.3 Å². The zero-order chi connectivity index (χ0) is 11.6. The molecule has 0 aromatic heterocycles. The van der Waals surface area contributed by atoms with Crippen molar-refractivity contribution in [1.29, 1.82) is 0 Å². The molecule has 1 aliphatic rings. The molecule has 1 N–H and O–H groups in total. The van der Waals surface area contributed by atoms with Gasteiger partial charge < -0.3 is 10.2 Å². The summed E-state index contributed by atoms with van der Waals surface area (Å²) < 4.78 is 0. The molecule has 4 nitrogen and oxygen atoms in total. The van der Waals surface area contributed by atoms with Crippen molar-refractivity contribution in [3.05, 3.63) is 0 Å². The Morgan fingerprint density at radius 1 is 1.60 bits per heavy atom. The Bertz CT molecular complexity index is 274. The van der Waals surface area contributed by atoms with Crippen LogP contribution >= 0.6 is 0 Å². The van der Waals surface area contributed by atoms with Crippen molar-refractivity contribution < 1.29 is 9.59 Å². The number of carbonyl (C=O) groups is 2. The minimum atomic E-state index is -0.369. The van der Waals surface area contributed by atoms with Gasteiger partial charge in [0.1, 0.15) is 6.04 Å². The first-order valence-electron chi connectivity index (χ1n) is 5.49. The predicted molar refractivity (Wildman–Crippen MR) is 58.3 cm³/mol. The highest BCUT2D eigenvalue weighted by atomic mass is 16.2. The highest BCUT2D eigenvalue weighted by Crippen LogP contribution is 2.24. The van der Waals surface area contributed by atoms with Gasteiger partial charge >= 0.3 is 0 Å². The molecule has 1 saturated heterocycles. The number of nitrogens with zero attached hydrogens (tertiary/aromatic N) is 1. The molecule has 2 amide bonds. The van der Waals surface area contributed by atoms with E-state index in [1.165, 1.54) is 0 Å². The fourth-order valence-electron chi connectivity index (χ4n) is 1.60. The Kier molecular flexibility index (Phi) is 3.37. The summed E-state index contributed by atoms with van der Waals surface area (Å²) in [4.78, 5) is 25.3. The highest BCUT2D eigenvalue weighted by molar-refractivity contribution is 5.90. The Labute approximate surface area is 91.0 Å². The maximum Gasteiger partial charge on any atom is 0.242 e. The first kappa shape index (κ1) is 12.0. The van der Waals surface area contributed by atoms with E-state index in [0.717, 1.165) is 6.42 Å². The summed E-state index contributed by atoms with van der Waals surface area (Å²) in [5.74, 6) is 0.0221. The van der Waals surface area contributed by atoms with E-state index < -0.39 is 0 Å². The quantitative estimate of drug-likeness (QED) is 0.735. The van der Waals surface area contributed by atoms with E-state index >= 15 is 0 Å². The predicted octanol–water partition coefficient (Wildman–Crippen LogP) is 0.769. The van der Waals surface area contributed by atoms with Crippen LogP contribution in [0.5, 0.6) is 0 Å². The number of rotatable bonds is 2. The summed E-state index contributed by atoms with van der Waals surface area (Å²) in [5.41, 5.74) is -0.369. The summed E-state index contributed by atoms with van der Waals surface area (Å²) in [6.07, 6.45) is 0.788. The van der Waals surface area contributed by atoms with Crippen LogP contribution in [-0.4, -0.2) is 35.8 Å². The molecule has 15 heavy (non-hydrogen) atoms. The SMILES string of the molecule is CCC(C)(C)C(=O)N1CCNC(=O)C1C. The smallest absolute Gasteiger partial charge is 0.242 e. The second kappa shape index (κ2) is 4.21. The van der Waals surface area contributed by atoms with Crippen molar-refractivity contribution in [3.8, 4) is 0 Å². The van der Waals surface area contributed by atoms with E-state index in [0.29, 0.717) is 13.1 Å². The summed E-state index contributed by atoms with van der Waals surface area (Å²) in [6.45, 7) is 8.80. The molecule has 1 heterocycles. The fourth-order valence-corrected chi connectivity index (χ4v) is 1.60. The number of amides is 2. The van der Waals surface area contributed by atoms with Gasteiger partial charge in [0.15, 0.2) is 0 Å². The standard InChI is InChI=1S/C11H20N2O2/c1-5-11(3,4)10(15)13-7-6-12-9(14)8(13)2/h8H,5-7H2,1-4H3,(H,12,14). The molecule has 1 atom stereocenters. The zero-order valence-corrected chi connectivity index (χ0v) is 9.96. The van der Waals surface area contributed by atoms with Crippen LogP contribution in [0, 0.1) is 5.41 Å². The normalized spacial score (nSPS) is 22.5. The zero-order valence-electron chi connectivity index (χ0n) is 9.96. The van der Waals surface area contributed by atoms with E-state index in [4.69, 9.17) is 0 Å². The van der Waals surface area contributed by atoms with Gasteiger partial charge in [-0.25, -0.2) is 0 Å². The first-order valence-corrected chi connectivity index (χ1v) is 5.49. The monoisotopic (exact) mass is 212 g/mol. The fraction of sp³-hybridized carbons (Fsp3) is 0.818. The van der Waals surface area contributed by atoms with Crippen LogP contribution in [0.3, 0.4) is 0 Å².